The third-order valence-electron chi connectivity index (χ3n) is 5.60. The van der Waals surface area contributed by atoms with Gasteiger partial charge in [0.15, 0.2) is 0 Å². The molecule has 0 radical (unpaired) electrons. The number of likely N-dealkylation sites (tertiary alicyclic amines) is 1. The maximum absolute atomic E-state index is 6.02. The number of hydrogen-bond donors (Lipinski definition) is 2. The molecule has 4 rings (SSSR count). The molecule has 3 N–H and O–H groups in total. The van der Waals surface area contributed by atoms with Crippen LogP contribution in [0.3, 0.4) is 0 Å². The van der Waals surface area contributed by atoms with Crippen LogP contribution in [0, 0.1) is 11.8 Å². The van der Waals surface area contributed by atoms with Gasteiger partial charge in [0.25, 0.3) is 0 Å². The Bertz CT molecular complexity index is 1050. The molecule has 0 aliphatic carbocycles. The lowest BCUT2D eigenvalue weighted by Gasteiger charge is -2.37. The summed E-state index contributed by atoms with van der Waals surface area (Å²) < 4.78 is 1.00. The van der Waals surface area contributed by atoms with Crippen LogP contribution in [0.5, 0.6) is 0 Å². The van der Waals surface area contributed by atoms with Crippen molar-refractivity contribution in [1.82, 2.24) is 9.88 Å². The highest BCUT2D eigenvalue weighted by Gasteiger charge is 2.23. The summed E-state index contributed by atoms with van der Waals surface area (Å²) in [6.07, 6.45) is 1.30. The van der Waals surface area contributed by atoms with Crippen LogP contribution in [0.1, 0.15) is 31.4 Å². The highest BCUT2D eigenvalue weighted by molar-refractivity contribution is 9.10. The number of benzene rings is 2. The number of hydrogen-bond acceptors (Lipinski definition) is 2. The zero-order valence-corrected chi connectivity index (χ0v) is 17.6. The van der Waals surface area contributed by atoms with E-state index in [0.717, 1.165) is 45.2 Å². The van der Waals surface area contributed by atoms with Crippen molar-refractivity contribution in [2.24, 2.45) is 17.6 Å². The van der Waals surface area contributed by atoms with Crippen molar-refractivity contribution in [1.29, 1.82) is 0 Å². The second-order valence-corrected chi connectivity index (χ2v) is 9.00. The smallest absolute Gasteiger partial charge is 0.0559 e. The van der Waals surface area contributed by atoms with Gasteiger partial charge in [-0.05, 0) is 42.0 Å². The average Bonchev–Trinajstić information content (AvgIpc) is 2.97. The molecular formula is C23H26BrN3. The number of H-pyrrole nitrogens is 1. The van der Waals surface area contributed by atoms with E-state index in [4.69, 9.17) is 5.73 Å². The van der Waals surface area contributed by atoms with Crippen molar-refractivity contribution in [3.05, 3.63) is 59.1 Å². The topological polar surface area (TPSA) is 45.1 Å². The molecule has 0 saturated carbocycles. The van der Waals surface area contributed by atoms with Crippen molar-refractivity contribution in [2.45, 2.75) is 20.3 Å². The predicted molar refractivity (Wildman–Crippen MR) is 120 cm³/mol. The summed E-state index contributed by atoms with van der Waals surface area (Å²) in [5.74, 6) is 1.41. The van der Waals surface area contributed by atoms with Gasteiger partial charge >= 0.3 is 0 Å². The Hall–Kier alpha value is -2.20. The fraction of sp³-hybridized carbons (Fsp3) is 0.304. The molecule has 3 aromatic rings. The van der Waals surface area contributed by atoms with Crippen LogP contribution >= 0.6 is 15.9 Å². The van der Waals surface area contributed by atoms with Crippen LogP contribution in [-0.4, -0.2) is 23.0 Å². The number of nitrogens with two attached hydrogens (primary N) is 1. The quantitative estimate of drug-likeness (QED) is 0.545. The first-order valence-electron chi connectivity index (χ1n) is 9.47. The van der Waals surface area contributed by atoms with E-state index < -0.39 is 0 Å². The number of nitrogens with zero attached hydrogens (tertiary/aromatic N) is 1. The fourth-order valence-electron chi connectivity index (χ4n) is 4.47. The van der Waals surface area contributed by atoms with Crippen LogP contribution in [0.4, 0.5) is 0 Å². The normalized spacial score (nSPS) is 20.3. The van der Waals surface area contributed by atoms with Crippen molar-refractivity contribution in [3.8, 4) is 0 Å². The molecular weight excluding hydrogens is 398 g/mol. The van der Waals surface area contributed by atoms with E-state index in [1.54, 1.807) is 0 Å². The number of fused-ring (bicyclic) bond motifs is 3. The van der Waals surface area contributed by atoms with E-state index in [0.29, 0.717) is 17.5 Å². The van der Waals surface area contributed by atoms with E-state index in [1.165, 1.54) is 17.4 Å². The van der Waals surface area contributed by atoms with Gasteiger partial charge in [-0.15, -0.1) is 0 Å². The number of aromatic nitrogens is 1. The van der Waals surface area contributed by atoms with E-state index >= 15 is 0 Å². The minimum absolute atomic E-state index is 0.564. The minimum Gasteiger partial charge on any atom is -0.399 e. The Morgan fingerprint density at radius 3 is 2.48 bits per heavy atom. The van der Waals surface area contributed by atoms with Crippen molar-refractivity contribution in [2.75, 3.05) is 13.1 Å². The van der Waals surface area contributed by atoms with Gasteiger partial charge in [0.2, 0.25) is 0 Å². The molecule has 27 heavy (non-hydrogen) atoms. The van der Waals surface area contributed by atoms with Gasteiger partial charge in [0.05, 0.1) is 5.52 Å². The molecule has 2 aromatic carbocycles. The van der Waals surface area contributed by atoms with Gasteiger partial charge in [0, 0.05) is 50.8 Å². The van der Waals surface area contributed by atoms with E-state index in [9.17, 15) is 0 Å². The zero-order valence-electron chi connectivity index (χ0n) is 16.0. The Balaban J connectivity index is 1.78. The maximum atomic E-state index is 6.02. The van der Waals surface area contributed by atoms with Gasteiger partial charge < -0.3 is 15.6 Å². The van der Waals surface area contributed by atoms with Gasteiger partial charge in [-0.2, -0.15) is 0 Å². The molecule has 2 atom stereocenters. The molecule has 0 bridgehead atoms. The molecule has 0 spiro atoms. The van der Waals surface area contributed by atoms with Crippen molar-refractivity contribution < 1.29 is 0 Å². The van der Waals surface area contributed by atoms with Gasteiger partial charge in [-0.3, -0.25) is 0 Å². The molecule has 1 fully saturated rings. The number of rotatable bonds is 3. The molecule has 1 aliphatic heterocycles. The fourth-order valence-corrected chi connectivity index (χ4v) is 4.93. The summed E-state index contributed by atoms with van der Waals surface area (Å²) in [4.78, 5) is 5.99. The lowest BCUT2D eigenvalue weighted by atomic mass is 9.91. The number of aromatic amines is 1. The van der Waals surface area contributed by atoms with Crippen LogP contribution in [0.15, 0.2) is 48.0 Å². The van der Waals surface area contributed by atoms with Crippen LogP contribution < -0.4 is 5.73 Å². The highest BCUT2D eigenvalue weighted by Crippen LogP contribution is 2.35. The van der Waals surface area contributed by atoms with Crippen LogP contribution in [0.2, 0.25) is 0 Å². The largest absolute Gasteiger partial charge is 0.399 e. The van der Waals surface area contributed by atoms with Gasteiger partial charge in [0.1, 0.15) is 0 Å². The standard InChI is InChI=1S/C23H26BrN3/c1-13-7-14(2)12-27(11-13)16(4)17-5-6-19-21-10-18(24)9-20(15(3)25)23(21)26-22(19)8-17/h5-6,8-10,13-14,26H,3-4,7,11-12,25H2,1-2H3. The number of nitrogens with one attached hydrogen (secondary N) is 1. The molecule has 3 nitrogen and oxygen atoms in total. The van der Waals surface area contributed by atoms with Gasteiger partial charge in [-0.1, -0.05) is 55.1 Å². The Morgan fingerprint density at radius 2 is 1.81 bits per heavy atom. The molecule has 1 aliphatic rings. The first-order valence-corrected chi connectivity index (χ1v) is 10.3. The van der Waals surface area contributed by atoms with Gasteiger partial charge in [-0.25, -0.2) is 0 Å². The predicted octanol–water partition coefficient (Wildman–Crippen LogP) is 5.96. The van der Waals surface area contributed by atoms with E-state index in [-0.39, 0.29) is 0 Å². The van der Waals surface area contributed by atoms with Crippen molar-refractivity contribution in [3.63, 3.8) is 0 Å². The maximum Gasteiger partial charge on any atom is 0.0559 e. The van der Waals surface area contributed by atoms with Crippen LogP contribution in [0.25, 0.3) is 33.2 Å². The SMILES string of the molecule is C=C(N)c1cc(Br)cc2c1[nH]c1cc(C(=C)N3CC(C)CC(C)C3)ccc12. The third kappa shape index (κ3) is 3.27. The first-order chi connectivity index (χ1) is 12.8. The summed E-state index contributed by atoms with van der Waals surface area (Å²) in [7, 11) is 0. The summed E-state index contributed by atoms with van der Waals surface area (Å²) in [6, 6.07) is 10.7. The zero-order chi connectivity index (χ0) is 19.3. The summed E-state index contributed by atoms with van der Waals surface area (Å²) in [5, 5.41) is 2.34. The average molecular weight is 424 g/mol. The number of halogens is 1. The lowest BCUT2D eigenvalue weighted by Crippen LogP contribution is -2.37. The number of piperidine rings is 1. The molecule has 2 heterocycles. The molecule has 1 aromatic heterocycles. The van der Waals surface area contributed by atoms with E-state index in [1.807, 2.05) is 6.07 Å². The molecule has 4 heteroatoms. The summed E-state index contributed by atoms with van der Waals surface area (Å²) >= 11 is 3.59. The minimum atomic E-state index is 0.564. The Morgan fingerprint density at radius 1 is 1.11 bits per heavy atom. The van der Waals surface area contributed by atoms with Crippen molar-refractivity contribution >= 4 is 49.1 Å². The molecule has 2 unspecified atom stereocenters. The third-order valence-corrected chi connectivity index (χ3v) is 6.06. The second-order valence-electron chi connectivity index (χ2n) is 8.08. The van der Waals surface area contributed by atoms with Crippen LogP contribution in [-0.2, 0) is 0 Å². The Labute approximate surface area is 169 Å². The monoisotopic (exact) mass is 423 g/mol. The summed E-state index contributed by atoms with van der Waals surface area (Å²) in [6.45, 7) is 15.2. The molecule has 0 amide bonds. The second kappa shape index (κ2) is 6.75. The first kappa shape index (κ1) is 18.2. The highest BCUT2D eigenvalue weighted by atomic mass is 79.9. The molecule has 140 valence electrons. The summed E-state index contributed by atoms with van der Waals surface area (Å²) in [5.41, 5.74) is 11.9. The van der Waals surface area contributed by atoms with E-state index in [2.05, 4.69) is 77.1 Å². The lowest BCUT2D eigenvalue weighted by molar-refractivity contribution is 0.204. The Kier molecular flexibility index (Phi) is 4.55. The molecule has 1 saturated heterocycles.